The summed E-state index contributed by atoms with van der Waals surface area (Å²) < 4.78 is 14.4. The standard InChI is InChI=1S/C15H14O6/c1-19-11-5-3-4-9(6-11)13(16)12-7-10(14(17)20-2)8-21-15(12)18/h3-8,13,16H,1-2H3. The summed E-state index contributed by atoms with van der Waals surface area (Å²) in [4.78, 5) is 23.2. The van der Waals surface area contributed by atoms with Crippen molar-refractivity contribution in [2.45, 2.75) is 6.10 Å². The average molecular weight is 290 g/mol. The number of carbonyl (C=O) groups is 1. The van der Waals surface area contributed by atoms with Gasteiger partial charge in [-0.05, 0) is 23.8 Å². The van der Waals surface area contributed by atoms with Gasteiger partial charge in [0.2, 0.25) is 0 Å². The second-order valence-electron chi connectivity index (χ2n) is 4.25. The largest absolute Gasteiger partial charge is 0.497 e. The Labute approximate surface area is 120 Å². The lowest BCUT2D eigenvalue weighted by Gasteiger charge is -2.11. The molecule has 21 heavy (non-hydrogen) atoms. The number of esters is 1. The minimum atomic E-state index is -1.24. The number of ether oxygens (including phenoxy) is 2. The van der Waals surface area contributed by atoms with Gasteiger partial charge in [-0.2, -0.15) is 0 Å². The highest BCUT2D eigenvalue weighted by atomic mass is 16.5. The molecule has 0 radical (unpaired) electrons. The van der Waals surface area contributed by atoms with Crippen LogP contribution in [0.5, 0.6) is 5.75 Å². The second kappa shape index (κ2) is 6.23. The average Bonchev–Trinajstić information content (AvgIpc) is 2.54. The quantitative estimate of drug-likeness (QED) is 0.859. The summed E-state index contributed by atoms with van der Waals surface area (Å²) in [5.74, 6) is -0.113. The van der Waals surface area contributed by atoms with Crippen molar-refractivity contribution in [1.82, 2.24) is 0 Å². The molecule has 2 aromatic rings. The van der Waals surface area contributed by atoms with Gasteiger partial charge < -0.3 is 19.0 Å². The van der Waals surface area contributed by atoms with Gasteiger partial charge in [0.05, 0.1) is 25.3 Å². The van der Waals surface area contributed by atoms with Crippen LogP contribution in [0.15, 0.2) is 45.8 Å². The molecule has 1 heterocycles. The number of hydrogen-bond acceptors (Lipinski definition) is 6. The Kier molecular flexibility index (Phi) is 4.39. The molecule has 0 amide bonds. The number of aliphatic hydroxyl groups excluding tert-OH is 1. The first-order valence-electron chi connectivity index (χ1n) is 6.10. The molecule has 6 heteroatoms. The van der Waals surface area contributed by atoms with Crippen LogP contribution in [-0.4, -0.2) is 25.3 Å². The molecule has 6 nitrogen and oxygen atoms in total. The Balaban J connectivity index is 2.44. The molecule has 1 unspecified atom stereocenters. The maximum Gasteiger partial charge on any atom is 0.341 e. The molecular weight excluding hydrogens is 276 g/mol. The van der Waals surface area contributed by atoms with Crippen LogP contribution in [0, 0.1) is 0 Å². The fraction of sp³-hybridized carbons (Fsp3) is 0.200. The van der Waals surface area contributed by atoms with Gasteiger partial charge in [-0.3, -0.25) is 0 Å². The molecule has 0 saturated heterocycles. The van der Waals surface area contributed by atoms with E-state index in [0.29, 0.717) is 11.3 Å². The predicted molar refractivity (Wildman–Crippen MR) is 73.4 cm³/mol. The molecule has 0 fully saturated rings. The van der Waals surface area contributed by atoms with E-state index in [1.165, 1.54) is 20.3 Å². The van der Waals surface area contributed by atoms with Crippen molar-refractivity contribution in [2.24, 2.45) is 0 Å². The van der Waals surface area contributed by atoms with E-state index in [1.54, 1.807) is 24.3 Å². The van der Waals surface area contributed by atoms with Crippen molar-refractivity contribution in [1.29, 1.82) is 0 Å². The Morgan fingerprint density at radius 2 is 2.05 bits per heavy atom. The number of aliphatic hydroxyl groups is 1. The highest BCUT2D eigenvalue weighted by Crippen LogP contribution is 2.23. The highest BCUT2D eigenvalue weighted by Gasteiger charge is 2.19. The molecule has 110 valence electrons. The molecule has 1 N–H and O–H groups in total. The fourth-order valence-corrected chi connectivity index (χ4v) is 1.85. The van der Waals surface area contributed by atoms with Gasteiger partial charge in [0.1, 0.15) is 18.1 Å². The molecule has 2 rings (SSSR count). The lowest BCUT2D eigenvalue weighted by Crippen LogP contribution is -2.15. The summed E-state index contributed by atoms with van der Waals surface area (Å²) >= 11 is 0. The van der Waals surface area contributed by atoms with Crippen LogP contribution in [0.1, 0.15) is 27.6 Å². The van der Waals surface area contributed by atoms with Gasteiger partial charge in [-0.15, -0.1) is 0 Å². The lowest BCUT2D eigenvalue weighted by molar-refractivity contribution is 0.0597. The smallest absolute Gasteiger partial charge is 0.341 e. The van der Waals surface area contributed by atoms with Gasteiger partial charge in [0.15, 0.2) is 0 Å². The third-order valence-corrected chi connectivity index (χ3v) is 2.96. The molecule has 1 atom stereocenters. The Hall–Kier alpha value is -2.60. The number of hydrogen-bond donors (Lipinski definition) is 1. The van der Waals surface area contributed by atoms with Crippen molar-refractivity contribution < 1.29 is 23.8 Å². The van der Waals surface area contributed by atoms with E-state index in [4.69, 9.17) is 9.15 Å². The molecule has 1 aromatic carbocycles. The Bertz CT molecular complexity index is 703. The first kappa shape index (κ1) is 14.8. The molecule has 0 aliphatic carbocycles. The molecule has 0 spiro atoms. The predicted octanol–water partition coefficient (Wildman–Crippen LogP) is 1.52. The van der Waals surface area contributed by atoms with E-state index in [1.807, 2.05) is 0 Å². The van der Waals surface area contributed by atoms with Crippen LogP contribution in [0.2, 0.25) is 0 Å². The van der Waals surface area contributed by atoms with Crippen LogP contribution < -0.4 is 10.4 Å². The van der Waals surface area contributed by atoms with Crippen molar-refractivity contribution in [3.05, 3.63) is 63.7 Å². The summed E-state index contributed by atoms with van der Waals surface area (Å²) in [6.07, 6.45) is -0.239. The van der Waals surface area contributed by atoms with Gasteiger partial charge in [0.25, 0.3) is 0 Å². The van der Waals surface area contributed by atoms with E-state index in [-0.39, 0.29) is 11.1 Å². The van der Waals surface area contributed by atoms with Crippen molar-refractivity contribution >= 4 is 5.97 Å². The Morgan fingerprint density at radius 3 is 2.71 bits per heavy atom. The second-order valence-corrected chi connectivity index (χ2v) is 4.25. The van der Waals surface area contributed by atoms with Crippen LogP contribution in [-0.2, 0) is 4.74 Å². The first-order chi connectivity index (χ1) is 10.1. The zero-order chi connectivity index (χ0) is 15.4. The van der Waals surface area contributed by atoms with Gasteiger partial charge in [-0.1, -0.05) is 12.1 Å². The third-order valence-electron chi connectivity index (χ3n) is 2.96. The van der Waals surface area contributed by atoms with Crippen molar-refractivity contribution in [3.63, 3.8) is 0 Å². The zero-order valence-corrected chi connectivity index (χ0v) is 11.5. The number of benzene rings is 1. The molecule has 0 bridgehead atoms. The van der Waals surface area contributed by atoms with E-state index in [2.05, 4.69) is 4.74 Å². The molecular formula is C15H14O6. The monoisotopic (exact) mass is 290 g/mol. The van der Waals surface area contributed by atoms with E-state index < -0.39 is 17.7 Å². The molecule has 1 aromatic heterocycles. The van der Waals surface area contributed by atoms with Gasteiger partial charge in [-0.25, -0.2) is 9.59 Å². The SMILES string of the molecule is COC(=O)c1coc(=O)c(C(O)c2cccc(OC)c2)c1. The summed E-state index contributed by atoms with van der Waals surface area (Å²) in [5.41, 5.74) is -0.276. The highest BCUT2D eigenvalue weighted by molar-refractivity contribution is 5.88. The first-order valence-corrected chi connectivity index (χ1v) is 6.10. The zero-order valence-electron chi connectivity index (χ0n) is 11.5. The third kappa shape index (κ3) is 3.11. The molecule has 0 saturated carbocycles. The fourth-order valence-electron chi connectivity index (χ4n) is 1.85. The van der Waals surface area contributed by atoms with Gasteiger partial charge in [0, 0.05) is 0 Å². The lowest BCUT2D eigenvalue weighted by atomic mass is 10.0. The number of methoxy groups -OCH3 is 2. The van der Waals surface area contributed by atoms with Crippen LogP contribution in [0.4, 0.5) is 0 Å². The topological polar surface area (TPSA) is 86.0 Å². The van der Waals surface area contributed by atoms with Crippen LogP contribution in [0.25, 0.3) is 0 Å². The summed E-state index contributed by atoms with van der Waals surface area (Å²) in [5, 5.41) is 10.3. The molecule has 0 aliphatic heterocycles. The van der Waals surface area contributed by atoms with E-state index in [9.17, 15) is 14.7 Å². The maximum atomic E-state index is 11.7. The normalized spacial score (nSPS) is 11.8. The van der Waals surface area contributed by atoms with E-state index in [0.717, 1.165) is 6.26 Å². The summed E-state index contributed by atoms with van der Waals surface area (Å²) in [7, 11) is 2.71. The van der Waals surface area contributed by atoms with Crippen molar-refractivity contribution in [3.8, 4) is 5.75 Å². The summed E-state index contributed by atoms with van der Waals surface area (Å²) in [6.45, 7) is 0. The van der Waals surface area contributed by atoms with Gasteiger partial charge >= 0.3 is 11.6 Å². The van der Waals surface area contributed by atoms with E-state index >= 15 is 0 Å². The van der Waals surface area contributed by atoms with Crippen LogP contribution in [0.3, 0.4) is 0 Å². The number of carbonyl (C=O) groups excluding carboxylic acids is 1. The number of rotatable bonds is 4. The minimum absolute atomic E-state index is 0.0499. The molecule has 0 aliphatic rings. The minimum Gasteiger partial charge on any atom is -0.497 e. The maximum absolute atomic E-state index is 11.7. The Morgan fingerprint density at radius 1 is 1.29 bits per heavy atom. The summed E-state index contributed by atoms with van der Waals surface area (Å²) in [6, 6.07) is 7.88. The van der Waals surface area contributed by atoms with Crippen molar-refractivity contribution in [2.75, 3.05) is 14.2 Å². The van der Waals surface area contributed by atoms with Crippen LogP contribution >= 0.6 is 0 Å².